The Kier molecular flexibility index (Phi) is 7.45. The number of carboxylic acid groups (broad SMARTS) is 1. The monoisotopic (exact) mass is 478 g/mol. The molecule has 1 aliphatic rings. The number of hydrogen-bond donors (Lipinski definition) is 2. The summed E-state index contributed by atoms with van der Waals surface area (Å²) in [5, 5.41) is 7.52. The quantitative estimate of drug-likeness (QED) is 0.396. The van der Waals surface area contributed by atoms with E-state index in [1.54, 1.807) is 0 Å². The van der Waals surface area contributed by atoms with Crippen LogP contribution in [0.4, 0.5) is 26.3 Å². The van der Waals surface area contributed by atoms with E-state index >= 15 is 0 Å². The molecule has 0 unspecified atom stereocenters. The molecule has 2 aromatic heterocycles. The maximum absolute atomic E-state index is 12.5. The normalized spacial score (nSPS) is 13.6. The van der Waals surface area contributed by atoms with Gasteiger partial charge in [-0.2, -0.15) is 26.3 Å². The van der Waals surface area contributed by atoms with E-state index in [1.807, 2.05) is 0 Å². The molecule has 7 nitrogen and oxygen atoms in total. The molecule has 2 heterocycles. The minimum atomic E-state index is -5.08. The van der Waals surface area contributed by atoms with Crippen molar-refractivity contribution < 1.29 is 36.2 Å². The highest BCUT2D eigenvalue weighted by molar-refractivity contribution is 7.98. The van der Waals surface area contributed by atoms with Crippen molar-refractivity contribution in [3.8, 4) is 0 Å². The van der Waals surface area contributed by atoms with Crippen LogP contribution in [0.1, 0.15) is 23.4 Å². The molecule has 0 bridgehead atoms. The van der Waals surface area contributed by atoms with E-state index in [0.717, 1.165) is 41.2 Å². The molecule has 0 saturated carbocycles. The molecule has 0 fully saturated rings. The Morgan fingerprint density at radius 1 is 1.27 bits per heavy atom. The van der Waals surface area contributed by atoms with Gasteiger partial charge in [0.05, 0.1) is 17.7 Å². The first-order chi connectivity index (χ1) is 13.8. The average Bonchev–Trinajstić information content (AvgIpc) is 3.19. The molecule has 0 amide bonds. The van der Waals surface area contributed by atoms with Crippen LogP contribution in [0.2, 0.25) is 5.15 Å². The number of aliphatic carboxylic acids is 1. The van der Waals surface area contributed by atoms with Gasteiger partial charge in [-0.25, -0.2) is 14.8 Å². The van der Waals surface area contributed by atoms with Gasteiger partial charge in [-0.05, 0) is 19.3 Å². The zero-order chi connectivity index (χ0) is 22.7. The number of carboxylic acids is 1. The van der Waals surface area contributed by atoms with E-state index in [1.165, 1.54) is 0 Å². The number of nitrogens with one attached hydrogen (secondary N) is 1. The van der Waals surface area contributed by atoms with E-state index in [0.29, 0.717) is 17.1 Å². The number of rotatable bonds is 4. The number of alkyl halides is 6. The predicted octanol–water partition coefficient (Wildman–Crippen LogP) is 3.60. The van der Waals surface area contributed by atoms with Crippen molar-refractivity contribution in [2.75, 3.05) is 0 Å². The molecule has 0 radical (unpaired) electrons. The van der Waals surface area contributed by atoms with Crippen LogP contribution in [0.3, 0.4) is 0 Å². The second-order valence-electron chi connectivity index (χ2n) is 5.97. The Hall–Kier alpha value is -2.22. The second kappa shape index (κ2) is 9.29. The third-order valence-electron chi connectivity index (χ3n) is 3.75. The second-order valence-corrected chi connectivity index (χ2v) is 7.29. The lowest BCUT2D eigenvalue weighted by Crippen LogP contribution is -2.21. The maximum Gasteiger partial charge on any atom is 0.490 e. The lowest BCUT2D eigenvalue weighted by atomic mass is 10.3. The van der Waals surface area contributed by atoms with Gasteiger partial charge in [-0.1, -0.05) is 23.4 Å². The number of hydrogen-bond acceptors (Lipinski definition) is 5. The maximum atomic E-state index is 12.5. The Morgan fingerprint density at radius 3 is 2.47 bits per heavy atom. The lowest BCUT2D eigenvalue weighted by molar-refractivity contribution is -0.192. The average molecular weight is 479 g/mol. The van der Waals surface area contributed by atoms with E-state index < -0.39 is 24.9 Å². The van der Waals surface area contributed by atoms with E-state index in [9.17, 15) is 31.1 Å². The number of aromatic amines is 1. The summed E-state index contributed by atoms with van der Waals surface area (Å²) in [6.45, 7) is -1.16. The topological polar surface area (TPSA) is 101 Å². The smallest absolute Gasteiger partial charge is 0.475 e. The molecular formula is C15H13ClF6N4O3S. The Labute approximate surface area is 173 Å². The largest absolute Gasteiger partial charge is 0.490 e. The molecule has 0 spiro atoms. The predicted molar refractivity (Wildman–Crippen MR) is 93.4 cm³/mol. The van der Waals surface area contributed by atoms with Gasteiger partial charge < -0.3 is 14.7 Å². The zero-order valence-electron chi connectivity index (χ0n) is 14.8. The summed E-state index contributed by atoms with van der Waals surface area (Å²) in [4.78, 5) is 31.5. The van der Waals surface area contributed by atoms with Gasteiger partial charge in [-0.3, -0.25) is 4.79 Å². The first-order valence-corrected chi connectivity index (χ1v) is 9.45. The fraction of sp³-hybridized carbons (Fsp3) is 0.467. The number of nitrogens with zero attached hydrogens (tertiary/aromatic N) is 3. The van der Waals surface area contributed by atoms with Crippen LogP contribution in [0.25, 0.3) is 0 Å². The number of aryl methyl sites for hydroxylation is 1. The summed E-state index contributed by atoms with van der Waals surface area (Å²) < 4.78 is 70.3. The highest BCUT2D eigenvalue weighted by Crippen LogP contribution is 2.27. The van der Waals surface area contributed by atoms with Crippen molar-refractivity contribution in [3.63, 3.8) is 0 Å². The summed E-state index contributed by atoms with van der Waals surface area (Å²) in [6.07, 6.45) is -6.02. The Morgan fingerprint density at radius 2 is 1.90 bits per heavy atom. The van der Waals surface area contributed by atoms with Crippen molar-refractivity contribution in [1.82, 2.24) is 19.5 Å². The Bertz CT molecular complexity index is 973. The summed E-state index contributed by atoms with van der Waals surface area (Å²) in [5.74, 6) is -2.62. The zero-order valence-corrected chi connectivity index (χ0v) is 16.3. The molecule has 30 heavy (non-hydrogen) atoms. The molecule has 2 aromatic rings. The minimum absolute atomic E-state index is 0.0188. The van der Waals surface area contributed by atoms with Gasteiger partial charge in [0.25, 0.3) is 5.56 Å². The molecule has 15 heteroatoms. The number of carbonyl (C=O) groups is 1. The highest BCUT2D eigenvalue weighted by atomic mass is 35.5. The number of halogens is 7. The number of aromatic nitrogens is 4. The van der Waals surface area contributed by atoms with Crippen molar-refractivity contribution in [2.45, 2.75) is 49.1 Å². The first-order valence-electron chi connectivity index (χ1n) is 8.09. The van der Waals surface area contributed by atoms with Gasteiger partial charge in [0.15, 0.2) is 10.3 Å². The van der Waals surface area contributed by atoms with Crippen molar-refractivity contribution in [2.24, 2.45) is 0 Å². The Balaban J connectivity index is 0.000000396. The third kappa shape index (κ3) is 6.65. The minimum Gasteiger partial charge on any atom is -0.475 e. The van der Waals surface area contributed by atoms with E-state index in [2.05, 4.69) is 15.0 Å². The highest BCUT2D eigenvalue weighted by Gasteiger charge is 2.38. The molecule has 2 N–H and O–H groups in total. The third-order valence-corrected chi connectivity index (χ3v) is 4.95. The van der Waals surface area contributed by atoms with E-state index in [-0.39, 0.29) is 22.2 Å². The molecule has 166 valence electrons. The molecule has 1 aliphatic carbocycles. The van der Waals surface area contributed by atoms with Gasteiger partial charge in [0.2, 0.25) is 0 Å². The van der Waals surface area contributed by atoms with Crippen LogP contribution in [-0.4, -0.2) is 42.9 Å². The van der Waals surface area contributed by atoms with Crippen LogP contribution in [0.15, 0.2) is 16.3 Å². The number of imidazole rings is 1. The fourth-order valence-corrected chi connectivity index (χ4v) is 3.69. The van der Waals surface area contributed by atoms with Crippen molar-refractivity contribution in [3.05, 3.63) is 38.8 Å². The SMILES string of the molecule is O=C(O)C(F)(F)F.O=c1[nH]c(SCc2c(Cl)ncn2CC(F)(F)F)nc2c1CCC2. The lowest BCUT2D eigenvalue weighted by Gasteiger charge is -2.11. The fourth-order valence-electron chi connectivity index (χ4n) is 2.48. The molecular weight excluding hydrogens is 466 g/mol. The van der Waals surface area contributed by atoms with Gasteiger partial charge in [0.1, 0.15) is 6.54 Å². The summed E-state index contributed by atoms with van der Waals surface area (Å²) in [6, 6.07) is 0. The van der Waals surface area contributed by atoms with Gasteiger partial charge in [0, 0.05) is 11.3 Å². The number of thioether (sulfide) groups is 1. The molecule has 0 atom stereocenters. The molecule has 0 saturated heterocycles. The number of fused-ring (bicyclic) bond motifs is 1. The van der Waals surface area contributed by atoms with Gasteiger partial charge in [-0.15, -0.1) is 0 Å². The molecule has 0 aromatic carbocycles. The van der Waals surface area contributed by atoms with Crippen LogP contribution in [0.5, 0.6) is 0 Å². The standard InChI is InChI=1S/C13H12ClF3N4OS.C2HF3O2/c14-10-9(21(6-18-10)5-13(15,16)17)4-23-12-19-8-3-1-2-7(8)11(22)20-12;3-2(4,5)1(6)7/h6H,1-5H2,(H,19,20,22);(H,6,7). The van der Waals surface area contributed by atoms with Crippen LogP contribution in [0, 0.1) is 0 Å². The van der Waals surface area contributed by atoms with Gasteiger partial charge >= 0.3 is 18.3 Å². The van der Waals surface area contributed by atoms with Crippen LogP contribution in [-0.2, 0) is 29.9 Å². The van der Waals surface area contributed by atoms with Crippen LogP contribution >= 0.6 is 23.4 Å². The summed E-state index contributed by atoms with van der Waals surface area (Å²) >= 11 is 6.99. The molecule has 0 aliphatic heterocycles. The van der Waals surface area contributed by atoms with E-state index in [4.69, 9.17) is 21.5 Å². The van der Waals surface area contributed by atoms with Crippen molar-refractivity contribution in [1.29, 1.82) is 0 Å². The summed E-state index contributed by atoms with van der Waals surface area (Å²) in [5.41, 5.74) is 1.54. The number of H-pyrrole nitrogens is 1. The first kappa shape index (κ1) is 24.1. The van der Waals surface area contributed by atoms with Crippen LogP contribution < -0.4 is 5.56 Å². The molecule has 3 rings (SSSR count). The van der Waals surface area contributed by atoms with Crippen molar-refractivity contribution >= 4 is 29.3 Å². The summed E-state index contributed by atoms with van der Waals surface area (Å²) in [7, 11) is 0.